The number of nitrogens with one attached hydrogen (secondary N) is 2. The SMILES string of the molecule is CC1NCCC1C(=O)Nc1ccc(CC(=O)O)cc1. The van der Waals surface area contributed by atoms with Crippen LogP contribution < -0.4 is 10.6 Å². The monoisotopic (exact) mass is 262 g/mol. The van der Waals surface area contributed by atoms with Crippen LogP contribution in [0.15, 0.2) is 24.3 Å². The number of anilines is 1. The molecule has 1 aliphatic heterocycles. The van der Waals surface area contributed by atoms with Gasteiger partial charge in [0.15, 0.2) is 0 Å². The highest BCUT2D eigenvalue weighted by atomic mass is 16.4. The highest BCUT2D eigenvalue weighted by Gasteiger charge is 2.29. The van der Waals surface area contributed by atoms with Gasteiger partial charge in [-0.15, -0.1) is 0 Å². The van der Waals surface area contributed by atoms with Crippen LogP contribution >= 0.6 is 0 Å². The molecule has 5 nitrogen and oxygen atoms in total. The van der Waals surface area contributed by atoms with Crippen molar-refractivity contribution in [3.8, 4) is 0 Å². The van der Waals surface area contributed by atoms with E-state index in [1.54, 1.807) is 24.3 Å². The van der Waals surface area contributed by atoms with Crippen molar-refractivity contribution in [1.82, 2.24) is 5.32 Å². The van der Waals surface area contributed by atoms with Crippen LogP contribution in [0.25, 0.3) is 0 Å². The Labute approximate surface area is 112 Å². The van der Waals surface area contributed by atoms with Gasteiger partial charge < -0.3 is 15.7 Å². The van der Waals surface area contributed by atoms with E-state index in [4.69, 9.17) is 5.11 Å². The minimum Gasteiger partial charge on any atom is -0.481 e. The van der Waals surface area contributed by atoms with Crippen molar-refractivity contribution in [2.75, 3.05) is 11.9 Å². The van der Waals surface area contributed by atoms with Crippen molar-refractivity contribution in [2.45, 2.75) is 25.8 Å². The molecule has 2 unspecified atom stereocenters. The van der Waals surface area contributed by atoms with Crippen molar-refractivity contribution in [3.63, 3.8) is 0 Å². The maximum Gasteiger partial charge on any atom is 0.307 e. The Hall–Kier alpha value is -1.88. The number of carboxylic acid groups (broad SMARTS) is 1. The molecule has 102 valence electrons. The van der Waals surface area contributed by atoms with E-state index in [-0.39, 0.29) is 24.3 Å². The first-order chi connectivity index (χ1) is 9.06. The first-order valence-corrected chi connectivity index (χ1v) is 6.41. The fourth-order valence-corrected chi connectivity index (χ4v) is 2.33. The summed E-state index contributed by atoms with van der Waals surface area (Å²) in [5, 5.41) is 14.8. The Morgan fingerprint density at radius 2 is 2.05 bits per heavy atom. The predicted octanol–water partition coefficient (Wildman–Crippen LogP) is 1.25. The molecule has 0 radical (unpaired) electrons. The molecule has 1 aromatic carbocycles. The molecule has 1 fully saturated rings. The van der Waals surface area contributed by atoms with Gasteiger partial charge in [0.25, 0.3) is 0 Å². The number of amides is 1. The lowest BCUT2D eigenvalue weighted by molar-refractivity contribution is -0.136. The smallest absolute Gasteiger partial charge is 0.307 e. The van der Waals surface area contributed by atoms with Gasteiger partial charge in [0.2, 0.25) is 5.91 Å². The Bertz CT molecular complexity index is 470. The molecule has 1 aromatic rings. The summed E-state index contributed by atoms with van der Waals surface area (Å²) in [6.45, 7) is 2.88. The van der Waals surface area contributed by atoms with Gasteiger partial charge in [-0.05, 0) is 37.6 Å². The average Bonchev–Trinajstić information content (AvgIpc) is 2.77. The van der Waals surface area contributed by atoms with Gasteiger partial charge in [0.1, 0.15) is 0 Å². The van der Waals surface area contributed by atoms with E-state index in [0.29, 0.717) is 5.69 Å². The lowest BCUT2D eigenvalue weighted by atomic mass is 10.0. The maximum absolute atomic E-state index is 12.0. The zero-order valence-corrected chi connectivity index (χ0v) is 10.8. The van der Waals surface area contributed by atoms with E-state index in [9.17, 15) is 9.59 Å². The largest absolute Gasteiger partial charge is 0.481 e. The predicted molar refractivity (Wildman–Crippen MR) is 72.0 cm³/mol. The molecule has 3 N–H and O–H groups in total. The summed E-state index contributed by atoms with van der Waals surface area (Å²) < 4.78 is 0. The third-order valence-electron chi connectivity index (χ3n) is 3.44. The molecule has 0 aromatic heterocycles. The zero-order valence-electron chi connectivity index (χ0n) is 10.8. The third kappa shape index (κ3) is 3.54. The zero-order chi connectivity index (χ0) is 13.8. The number of benzene rings is 1. The van der Waals surface area contributed by atoms with Crippen LogP contribution in [0.3, 0.4) is 0 Å². The van der Waals surface area contributed by atoms with Crippen LogP contribution in [0, 0.1) is 5.92 Å². The number of hydrogen-bond acceptors (Lipinski definition) is 3. The Balaban J connectivity index is 1.95. The quantitative estimate of drug-likeness (QED) is 0.763. The van der Waals surface area contributed by atoms with E-state index in [1.807, 2.05) is 6.92 Å². The van der Waals surface area contributed by atoms with E-state index >= 15 is 0 Å². The Kier molecular flexibility index (Phi) is 4.16. The number of hydrogen-bond donors (Lipinski definition) is 3. The van der Waals surface area contributed by atoms with Crippen molar-refractivity contribution in [3.05, 3.63) is 29.8 Å². The fourth-order valence-electron chi connectivity index (χ4n) is 2.33. The average molecular weight is 262 g/mol. The molecular formula is C14H18N2O3. The van der Waals surface area contributed by atoms with Crippen LogP contribution in [0.2, 0.25) is 0 Å². The van der Waals surface area contributed by atoms with Crippen LogP contribution in [0.4, 0.5) is 5.69 Å². The number of carbonyl (C=O) groups excluding carboxylic acids is 1. The summed E-state index contributed by atoms with van der Waals surface area (Å²) in [5.41, 5.74) is 1.43. The lowest BCUT2D eigenvalue weighted by Crippen LogP contribution is -2.32. The number of rotatable bonds is 4. The van der Waals surface area contributed by atoms with E-state index in [2.05, 4.69) is 10.6 Å². The molecule has 1 saturated heterocycles. The van der Waals surface area contributed by atoms with Gasteiger partial charge in [-0.2, -0.15) is 0 Å². The van der Waals surface area contributed by atoms with Crippen molar-refractivity contribution < 1.29 is 14.7 Å². The lowest BCUT2D eigenvalue weighted by Gasteiger charge is -2.15. The van der Waals surface area contributed by atoms with Gasteiger partial charge in [-0.3, -0.25) is 9.59 Å². The highest BCUT2D eigenvalue weighted by molar-refractivity contribution is 5.93. The third-order valence-corrected chi connectivity index (χ3v) is 3.44. The second-order valence-electron chi connectivity index (χ2n) is 4.89. The number of aliphatic carboxylic acids is 1. The molecule has 0 aliphatic carbocycles. The highest BCUT2D eigenvalue weighted by Crippen LogP contribution is 2.18. The Morgan fingerprint density at radius 3 is 2.58 bits per heavy atom. The Morgan fingerprint density at radius 1 is 1.37 bits per heavy atom. The summed E-state index contributed by atoms with van der Waals surface area (Å²) in [5.74, 6) is -0.843. The fraction of sp³-hybridized carbons (Fsp3) is 0.429. The van der Waals surface area contributed by atoms with Crippen LogP contribution in [-0.4, -0.2) is 29.6 Å². The van der Waals surface area contributed by atoms with Gasteiger partial charge in [0.05, 0.1) is 12.3 Å². The molecule has 1 aliphatic rings. The minimum absolute atomic E-state index is 0.00121. The molecule has 0 saturated carbocycles. The van der Waals surface area contributed by atoms with Gasteiger partial charge in [0, 0.05) is 11.7 Å². The second-order valence-corrected chi connectivity index (χ2v) is 4.89. The van der Waals surface area contributed by atoms with Crippen molar-refractivity contribution >= 4 is 17.6 Å². The second kappa shape index (κ2) is 5.84. The normalized spacial score (nSPS) is 22.2. The number of carboxylic acids is 1. The molecule has 5 heteroatoms. The maximum atomic E-state index is 12.0. The summed E-state index contributed by atoms with van der Waals surface area (Å²) in [6, 6.07) is 7.12. The summed E-state index contributed by atoms with van der Waals surface area (Å²) in [7, 11) is 0. The van der Waals surface area contributed by atoms with E-state index in [0.717, 1.165) is 18.5 Å². The molecule has 1 amide bonds. The molecule has 2 rings (SSSR count). The number of carbonyl (C=O) groups is 2. The van der Waals surface area contributed by atoms with Crippen LogP contribution in [0.1, 0.15) is 18.9 Å². The molecule has 19 heavy (non-hydrogen) atoms. The van der Waals surface area contributed by atoms with E-state index in [1.165, 1.54) is 0 Å². The molecule has 0 spiro atoms. The topological polar surface area (TPSA) is 78.4 Å². The molecular weight excluding hydrogens is 244 g/mol. The van der Waals surface area contributed by atoms with Crippen LogP contribution in [0.5, 0.6) is 0 Å². The van der Waals surface area contributed by atoms with Crippen LogP contribution in [-0.2, 0) is 16.0 Å². The van der Waals surface area contributed by atoms with Gasteiger partial charge in [-0.25, -0.2) is 0 Å². The standard InChI is InChI=1S/C14H18N2O3/c1-9-12(6-7-15-9)14(19)16-11-4-2-10(3-5-11)8-13(17)18/h2-5,9,12,15H,6-8H2,1H3,(H,16,19)(H,17,18). The van der Waals surface area contributed by atoms with Gasteiger partial charge in [-0.1, -0.05) is 12.1 Å². The van der Waals surface area contributed by atoms with Crippen molar-refractivity contribution in [2.24, 2.45) is 5.92 Å². The summed E-state index contributed by atoms with van der Waals surface area (Å²) in [4.78, 5) is 22.6. The first kappa shape index (κ1) is 13.5. The first-order valence-electron chi connectivity index (χ1n) is 6.41. The molecule has 2 atom stereocenters. The van der Waals surface area contributed by atoms with Crippen molar-refractivity contribution in [1.29, 1.82) is 0 Å². The summed E-state index contributed by atoms with van der Waals surface area (Å²) >= 11 is 0. The summed E-state index contributed by atoms with van der Waals surface area (Å²) in [6.07, 6.45) is 0.849. The molecule has 0 bridgehead atoms. The van der Waals surface area contributed by atoms with Gasteiger partial charge >= 0.3 is 5.97 Å². The van der Waals surface area contributed by atoms with E-state index < -0.39 is 5.97 Å². The molecule has 1 heterocycles. The minimum atomic E-state index is -0.859.